The number of sulfone groups is 1. The highest BCUT2D eigenvalue weighted by atomic mass is 32.2. The van der Waals surface area contributed by atoms with Crippen LogP contribution in [0.4, 0.5) is 11.5 Å². The van der Waals surface area contributed by atoms with E-state index in [1.165, 1.54) is 4.52 Å². The lowest BCUT2D eigenvalue weighted by Crippen LogP contribution is -2.08. The van der Waals surface area contributed by atoms with Crippen LogP contribution >= 0.6 is 0 Å². The van der Waals surface area contributed by atoms with Gasteiger partial charge in [-0.3, -0.25) is 0 Å². The summed E-state index contributed by atoms with van der Waals surface area (Å²) in [5.74, 6) is 0.426. The maximum Gasteiger partial charge on any atom is 0.264 e. The molecule has 2 N–H and O–H groups in total. The lowest BCUT2D eigenvalue weighted by molar-refractivity contribution is 0.599. The fourth-order valence-electron chi connectivity index (χ4n) is 2.27. The minimum absolute atomic E-state index is 0.0282. The molecule has 20 heavy (non-hydrogen) atoms. The summed E-state index contributed by atoms with van der Waals surface area (Å²) in [6.07, 6.45) is 3.16. The normalized spacial score (nSPS) is 15.4. The van der Waals surface area contributed by atoms with Crippen LogP contribution in [-0.2, 0) is 9.84 Å². The van der Waals surface area contributed by atoms with Gasteiger partial charge in [-0.05, 0) is 19.8 Å². The number of fused-ring (bicyclic) bond motifs is 1. The first kappa shape index (κ1) is 12.9. The zero-order chi connectivity index (χ0) is 14.7. The van der Waals surface area contributed by atoms with Gasteiger partial charge in [0.05, 0.1) is 12.3 Å². The van der Waals surface area contributed by atoms with Gasteiger partial charge in [0.15, 0.2) is 20.5 Å². The molecule has 0 spiro atoms. The molecule has 2 aromatic heterocycles. The number of aryl methyl sites for hydroxylation is 1. The molecule has 0 saturated heterocycles. The summed E-state index contributed by atoms with van der Waals surface area (Å²) in [5.41, 5.74) is 7.89. The standard InChI is InChI=1S/C12H13N5O2S/c1-6-8(7-4-5-7)16-17-10(13)9(14-2)12(15-11(6)17)20(3,18)19/h7H,4-5,13H2,1,3H3. The third-order valence-electron chi connectivity index (χ3n) is 3.44. The Morgan fingerprint density at radius 1 is 1.45 bits per heavy atom. The SMILES string of the molecule is [C-]#[N+]c1c(S(C)(=O)=O)nc2c(C)c(C3CC3)nn2c1N. The zero-order valence-electron chi connectivity index (χ0n) is 11.1. The molecule has 0 bridgehead atoms. The van der Waals surface area contributed by atoms with Gasteiger partial charge in [-0.1, -0.05) is 0 Å². The fourth-order valence-corrected chi connectivity index (χ4v) is 3.02. The van der Waals surface area contributed by atoms with Crippen LogP contribution in [0.2, 0.25) is 0 Å². The van der Waals surface area contributed by atoms with Crippen LogP contribution in [-0.4, -0.2) is 29.3 Å². The van der Waals surface area contributed by atoms with Crippen molar-refractivity contribution in [2.24, 2.45) is 0 Å². The van der Waals surface area contributed by atoms with E-state index in [2.05, 4.69) is 14.9 Å². The minimum atomic E-state index is -3.62. The molecule has 0 aromatic carbocycles. The molecule has 2 aromatic rings. The number of nitrogen functional groups attached to an aromatic ring is 1. The molecule has 3 rings (SSSR count). The Hall–Kier alpha value is -2.14. The van der Waals surface area contributed by atoms with Crippen molar-refractivity contribution in [1.29, 1.82) is 0 Å². The molecule has 104 valence electrons. The molecular weight excluding hydrogens is 278 g/mol. The first-order valence-corrected chi connectivity index (χ1v) is 8.00. The van der Waals surface area contributed by atoms with Gasteiger partial charge in [0, 0.05) is 17.7 Å². The first-order chi connectivity index (χ1) is 9.34. The predicted molar refractivity (Wildman–Crippen MR) is 73.5 cm³/mol. The summed E-state index contributed by atoms with van der Waals surface area (Å²) in [7, 11) is -3.62. The Morgan fingerprint density at radius 3 is 2.60 bits per heavy atom. The van der Waals surface area contributed by atoms with E-state index >= 15 is 0 Å². The van der Waals surface area contributed by atoms with E-state index in [1.807, 2.05) is 6.92 Å². The maximum absolute atomic E-state index is 11.8. The Bertz CT molecular complexity index is 872. The van der Waals surface area contributed by atoms with E-state index in [1.54, 1.807) is 0 Å². The molecule has 0 amide bonds. The van der Waals surface area contributed by atoms with E-state index < -0.39 is 9.84 Å². The summed E-state index contributed by atoms with van der Waals surface area (Å²) in [6.45, 7) is 8.99. The molecule has 2 heterocycles. The van der Waals surface area contributed by atoms with Gasteiger partial charge in [0.25, 0.3) is 5.69 Å². The Morgan fingerprint density at radius 2 is 2.10 bits per heavy atom. The highest BCUT2D eigenvalue weighted by molar-refractivity contribution is 7.90. The Balaban J connectivity index is 2.43. The van der Waals surface area contributed by atoms with Crippen LogP contribution in [0.3, 0.4) is 0 Å². The van der Waals surface area contributed by atoms with Crippen LogP contribution in [0.5, 0.6) is 0 Å². The average molecular weight is 291 g/mol. The minimum Gasteiger partial charge on any atom is -0.392 e. The molecular formula is C12H13N5O2S. The Labute approximate surface area is 116 Å². The molecule has 1 saturated carbocycles. The van der Waals surface area contributed by atoms with E-state index in [-0.39, 0.29) is 16.5 Å². The second-order valence-electron chi connectivity index (χ2n) is 5.05. The lowest BCUT2D eigenvalue weighted by Gasteiger charge is -2.06. The smallest absolute Gasteiger partial charge is 0.264 e. The van der Waals surface area contributed by atoms with E-state index in [4.69, 9.17) is 12.3 Å². The molecule has 0 radical (unpaired) electrons. The molecule has 1 aliphatic carbocycles. The second kappa shape index (κ2) is 3.93. The van der Waals surface area contributed by atoms with Crippen molar-refractivity contribution in [3.63, 3.8) is 0 Å². The lowest BCUT2D eigenvalue weighted by atomic mass is 10.2. The van der Waals surface area contributed by atoms with Gasteiger partial charge in [-0.2, -0.15) is 5.10 Å². The number of hydrogen-bond donors (Lipinski definition) is 1. The Kier molecular flexibility index (Phi) is 2.53. The number of hydrogen-bond acceptors (Lipinski definition) is 5. The largest absolute Gasteiger partial charge is 0.392 e. The molecule has 7 nitrogen and oxygen atoms in total. The number of aromatic nitrogens is 3. The zero-order valence-corrected chi connectivity index (χ0v) is 11.9. The number of nitrogens with two attached hydrogens (primary N) is 1. The van der Waals surface area contributed by atoms with E-state index in [0.717, 1.165) is 30.4 Å². The summed E-state index contributed by atoms with van der Waals surface area (Å²) >= 11 is 0. The maximum atomic E-state index is 11.8. The number of rotatable bonds is 2. The van der Waals surface area contributed by atoms with Gasteiger partial charge < -0.3 is 5.73 Å². The summed E-state index contributed by atoms with van der Waals surface area (Å²) in [6, 6.07) is 0. The third-order valence-corrected chi connectivity index (χ3v) is 4.42. The van der Waals surface area contributed by atoms with Gasteiger partial charge in [0.1, 0.15) is 5.82 Å². The number of nitrogens with zero attached hydrogens (tertiary/aromatic N) is 4. The first-order valence-electron chi connectivity index (χ1n) is 6.10. The third kappa shape index (κ3) is 1.74. The van der Waals surface area contributed by atoms with Gasteiger partial charge >= 0.3 is 0 Å². The summed E-state index contributed by atoms with van der Waals surface area (Å²) < 4.78 is 24.9. The van der Waals surface area contributed by atoms with Crippen LogP contribution in [0.15, 0.2) is 5.03 Å². The topological polar surface area (TPSA) is 94.7 Å². The van der Waals surface area contributed by atoms with Crippen LogP contribution in [0, 0.1) is 13.5 Å². The highest BCUT2D eigenvalue weighted by Gasteiger charge is 2.31. The summed E-state index contributed by atoms with van der Waals surface area (Å²) in [5, 5.41) is 4.12. The molecule has 8 heteroatoms. The van der Waals surface area contributed by atoms with Crippen molar-refractivity contribution in [1.82, 2.24) is 14.6 Å². The van der Waals surface area contributed by atoms with Crippen LogP contribution in [0.25, 0.3) is 10.5 Å². The van der Waals surface area contributed by atoms with Crippen molar-refractivity contribution in [2.45, 2.75) is 30.7 Å². The van der Waals surface area contributed by atoms with Crippen molar-refractivity contribution in [3.8, 4) is 0 Å². The molecule has 0 unspecified atom stereocenters. The number of anilines is 1. The van der Waals surface area contributed by atoms with Crippen LogP contribution in [0.1, 0.15) is 30.0 Å². The van der Waals surface area contributed by atoms with Crippen molar-refractivity contribution in [2.75, 3.05) is 12.0 Å². The van der Waals surface area contributed by atoms with Crippen molar-refractivity contribution < 1.29 is 8.42 Å². The van der Waals surface area contributed by atoms with Gasteiger partial charge in [0.2, 0.25) is 0 Å². The van der Waals surface area contributed by atoms with Crippen molar-refractivity contribution >= 4 is 27.0 Å². The molecule has 0 aliphatic heterocycles. The molecule has 1 aliphatic rings. The molecule has 0 atom stereocenters. The monoisotopic (exact) mass is 291 g/mol. The molecule has 1 fully saturated rings. The summed E-state index contributed by atoms with van der Waals surface area (Å²) in [4.78, 5) is 7.34. The van der Waals surface area contributed by atoms with Crippen LogP contribution < -0.4 is 5.73 Å². The van der Waals surface area contributed by atoms with E-state index in [0.29, 0.717) is 11.6 Å². The second-order valence-corrected chi connectivity index (χ2v) is 6.99. The van der Waals surface area contributed by atoms with Gasteiger partial charge in [-0.15, -0.1) is 0 Å². The fraction of sp³-hybridized carbons (Fsp3) is 0.417. The quantitative estimate of drug-likeness (QED) is 0.667. The average Bonchev–Trinajstić information content (AvgIpc) is 3.14. The van der Waals surface area contributed by atoms with E-state index in [9.17, 15) is 8.42 Å². The highest BCUT2D eigenvalue weighted by Crippen LogP contribution is 2.42. The predicted octanol–water partition coefficient (Wildman–Crippen LogP) is 1.45. The van der Waals surface area contributed by atoms with Crippen molar-refractivity contribution in [3.05, 3.63) is 22.7 Å². The van der Waals surface area contributed by atoms with Gasteiger partial charge in [-0.25, -0.2) is 22.8 Å².